The third kappa shape index (κ3) is 4.43. The molecule has 4 aromatic carbocycles. The van der Waals surface area contributed by atoms with Crippen molar-refractivity contribution < 1.29 is 9.53 Å². The van der Waals surface area contributed by atoms with E-state index in [1.54, 1.807) is 0 Å². The molecule has 0 aliphatic rings. The number of carbonyl (C=O) groups is 1. The highest BCUT2D eigenvalue weighted by molar-refractivity contribution is 6.30. The summed E-state index contributed by atoms with van der Waals surface area (Å²) in [4.78, 5) is 18.8. The number of nitrogens with zero attached hydrogens (tertiary/aromatic N) is 1. The molecule has 0 fully saturated rings. The zero-order valence-electron chi connectivity index (χ0n) is 19.8. The molecule has 0 N–H and O–H groups in total. The molecule has 0 saturated heterocycles. The third-order valence-electron chi connectivity index (χ3n) is 6.16. The fourth-order valence-corrected chi connectivity index (χ4v) is 4.66. The van der Waals surface area contributed by atoms with Crippen molar-refractivity contribution in [2.45, 2.75) is 20.8 Å². The molecule has 0 bridgehead atoms. The molecule has 0 amide bonds. The van der Waals surface area contributed by atoms with Gasteiger partial charge < -0.3 is 4.74 Å². The summed E-state index contributed by atoms with van der Waals surface area (Å²) in [6.45, 7) is 5.96. The van der Waals surface area contributed by atoms with Gasteiger partial charge in [-0.15, -0.1) is 0 Å². The first-order chi connectivity index (χ1) is 16.9. The number of para-hydroxylation sites is 1. The van der Waals surface area contributed by atoms with Crippen molar-refractivity contribution in [2.24, 2.45) is 0 Å². The SMILES string of the molecule is Cc1cc(C)c2nc(-c3ccc(Cl)cc3)c(C)c(C(=O)Oc3ccccc3-c3ccccc3)c2c1. The first-order valence-corrected chi connectivity index (χ1v) is 11.8. The van der Waals surface area contributed by atoms with Crippen LogP contribution in [0.3, 0.4) is 0 Å². The summed E-state index contributed by atoms with van der Waals surface area (Å²) >= 11 is 6.12. The third-order valence-corrected chi connectivity index (χ3v) is 6.42. The molecule has 5 aromatic rings. The lowest BCUT2D eigenvalue weighted by atomic mass is 9.95. The largest absolute Gasteiger partial charge is 0.422 e. The number of ether oxygens (including phenoxy) is 1. The van der Waals surface area contributed by atoms with E-state index >= 15 is 0 Å². The van der Waals surface area contributed by atoms with Crippen LogP contribution in [-0.4, -0.2) is 11.0 Å². The average molecular weight is 478 g/mol. The zero-order chi connectivity index (χ0) is 24.5. The molecule has 0 unspecified atom stereocenters. The summed E-state index contributed by atoms with van der Waals surface area (Å²) in [7, 11) is 0. The summed E-state index contributed by atoms with van der Waals surface area (Å²) in [5.41, 5.74) is 7.64. The number of rotatable bonds is 4. The van der Waals surface area contributed by atoms with Crippen molar-refractivity contribution in [1.82, 2.24) is 4.98 Å². The molecule has 0 radical (unpaired) electrons. The van der Waals surface area contributed by atoms with Crippen molar-refractivity contribution in [1.29, 1.82) is 0 Å². The summed E-state index contributed by atoms with van der Waals surface area (Å²) in [5, 5.41) is 1.44. The predicted octanol–water partition coefficient (Wildman–Crippen LogP) is 8.37. The number of aromatic nitrogens is 1. The summed E-state index contributed by atoms with van der Waals surface area (Å²) in [6, 6.07) is 29.1. The number of halogens is 1. The van der Waals surface area contributed by atoms with Crippen LogP contribution in [-0.2, 0) is 0 Å². The van der Waals surface area contributed by atoms with Crippen molar-refractivity contribution in [2.75, 3.05) is 0 Å². The van der Waals surface area contributed by atoms with Gasteiger partial charge >= 0.3 is 5.97 Å². The van der Waals surface area contributed by atoms with Gasteiger partial charge in [0.05, 0.1) is 16.8 Å². The molecule has 0 atom stereocenters. The van der Waals surface area contributed by atoms with Gasteiger partial charge in [-0.3, -0.25) is 0 Å². The van der Waals surface area contributed by atoms with Crippen molar-refractivity contribution in [3.63, 3.8) is 0 Å². The maximum absolute atomic E-state index is 13.8. The van der Waals surface area contributed by atoms with E-state index in [9.17, 15) is 4.79 Å². The van der Waals surface area contributed by atoms with Gasteiger partial charge in [0, 0.05) is 21.5 Å². The first kappa shape index (κ1) is 22.8. The molecule has 1 aromatic heterocycles. The standard InChI is InChI=1S/C31H24ClNO2/c1-19-17-20(2)29-26(18-19)28(21(3)30(33-29)23-13-15-24(32)16-14-23)31(34)35-27-12-8-7-11-25(27)22-9-5-4-6-10-22/h4-18H,1-3H3. The number of carbonyl (C=O) groups excluding carboxylic acids is 1. The Morgan fingerprint density at radius 3 is 2.23 bits per heavy atom. The van der Waals surface area contributed by atoms with Crippen LogP contribution >= 0.6 is 11.6 Å². The highest BCUT2D eigenvalue weighted by Crippen LogP contribution is 2.35. The van der Waals surface area contributed by atoms with E-state index in [1.165, 1.54) is 0 Å². The molecule has 0 aliphatic carbocycles. The Balaban J connectivity index is 1.68. The van der Waals surface area contributed by atoms with E-state index in [0.717, 1.165) is 50.0 Å². The Bertz CT molecular complexity index is 1560. The molecule has 0 aliphatic heterocycles. The number of fused-ring (bicyclic) bond motifs is 1. The van der Waals surface area contributed by atoms with E-state index in [2.05, 4.69) is 6.07 Å². The van der Waals surface area contributed by atoms with E-state index in [1.807, 2.05) is 106 Å². The normalized spacial score (nSPS) is 11.0. The quantitative estimate of drug-likeness (QED) is 0.193. The molecule has 4 heteroatoms. The molecule has 1 heterocycles. The number of benzene rings is 4. The zero-order valence-corrected chi connectivity index (χ0v) is 20.6. The molecule has 35 heavy (non-hydrogen) atoms. The number of hydrogen-bond donors (Lipinski definition) is 0. The molecular weight excluding hydrogens is 454 g/mol. The van der Waals surface area contributed by atoms with Crippen LogP contribution in [0, 0.1) is 20.8 Å². The van der Waals surface area contributed by atoms with Crippen LogP contribution < -0.4 is 4.74 Å². The van der Waals surface area contributed by atoms with Gasteiger partial charge in [-0.05, 0) is 61.7 Å². The lowest BCUT2D eigenvalue weighted by Crippen LogP contribution is -2.13. The number of hydrogen-bond acceptors (Lipinski definition) is 3. The lowest BCUT2D eigenvalue weighted by molar-refractivity contribution is 0.0737. The fraction of sp³-hybridized carbons (Fsp3) is 0.0968. The molecule has 3 nitrogen and oxygen atoms in total. The molecule has 0 saturated carbocycles. The molecule has 5 rings (SSSR count). The Kier molecular flexibility index (Phi) is 6.10. The Labute approximate surface area is 210 Å². The minimum absolute atomic E-state index is 0.404. The minimum atomic E-state index is -0.404. The molecule has 172 valence electrons. The monoisotopic (exact) mass is 477 g/mol. The number of aryl methyl sites for hydroxylation is 2. The lowest BCUT2D eigenvalue weighted by Gasteiger charge is -2.17. The van der Waals surface area contributed by atoms with E-state index in [-0.39, 0.29) is 0 Å². The maximum Gasteiger partial charge on any atom is 0.344 e. The molecular formula is C31H24ClNO2. The van der Waals surface area contributed by atoms with Crippen molar-refractivity contribution >= 4 is 28.5 Å². The summed E-state index contributed by atoms with van der Waals surface area (Å²) < 4.78 is 6.08. The Morgan fingerprint density at radius 1 is 0.800 bits per heavy atom. The van der Waals surface area contributed by atoms with E-state index in [4.69, 9.17) is 21.3 Å². The van der Waals surface area contributed by atoms with Crippen LogP contribution in [0.5, 0.6) is 5.75 Å². The second kappa shape index (κ2) is 9.36. The van der Waals surface area contributed by atoms with Gasteiger partial charge in [0.1, 0.15) is 5.75 Å². The maximum atomic E-state index is 13.8. The highest BCUT2D eigenvalue weighted by Gasteiger charge is 2.23. The van der Waals surface area contributed by atoms with Gasteiger partial charge in [0.25, 0.3) is 0 Å². The van der Waals surface area contributed by atoms with Crippen molar-refractivity contribution in [3.05, 3.63) is 118 Å². The van der Waals surface area contributed by atoms with Crippen LogP contribution in [0.1, 0.15) is 27.0 Å². The van der Waals surface area contributed by atoms with E-state index < -0.39 is 5.97 Å². The van der Waals surface area contributed by atoms with Gasteiger partial charge in [0.15, 0.2) is 0 Å². The first-order valence-electron chi connectivity index (χ1n) is 11.5. The van der Waals surface area contributed by atoms with Gasteiger partial charge in [-0.1, -0.05) is 83.9 Å². The van der Waals surface area contributed by atoms with E-state index in [0.29, 0.717) is 16.3 Å². The number of esters is 1. The fourth-order valence-electron chi connectivity index (χ4n) is 4.53. The highest BCUT2D eigenvalue weighted by atomic mass is 35.5. The second-order valence-corrected chi connectivity index (χ2v) is 9.13. The summed E-state index contributed by atoms with van der Waals surface area (Å²) in [5.74, 6) is 0.115. The minimum Gasteiger partial charge on any atom is -0.422 e. The van der Waals surface area contributed by atoms with Crippen LogP contribution in [0.25, 0.3) is 33.3 Å². The predicted molar refractivity (Wildman–Crippen MR) is 143 cm³/mol. The van der Waals surface area contributed by atoms with Crippen LogP contribution in [0.4, 0.5) is 0 Å². The van der Waals surface area contributed by atoms with Crippen LogP contribution in [0.2, 0.25) is 5.02 Å². The molecule has 0 spiro atoms. The Hall–Kier alpha value is -3.95. The van der Waals surface area contributed by atoms with Gasteiger partial charge in [-0.25, -0.2) is 9.78 Å². The van der Waals surface area contributed by atoms with Gasteiger partial charge in [-0.2, -0.15) is 0 Å². The average Bonchev–Trinajstić information content (AvgIpc) is 2.85. The second-order valence-electron chi connectivity index (χ2n) is 8.70. The smallest absolute Gasteiger partial charge is 0.344 e. The topological polar surface area (TPSA) is 39.2 Å². The van der Waals surface area contributed by atoms with Gasteiger partial charge in [0.2, 0.25) is 0 Å². The Morgan fingerprint density at radius 2 is 1.49 bits per heavy atom. The van der Waals surface area contributed by atoms with Crippen LogP contribution in [0.15, 0.2) is 91.0 Å². The summed E-state index contributed by atoms with van der Waals surface area (Å²) in [6.07, 6.45) is 0. The number of pyridine rings is 1. The van der Waals surface area contributed by atoms with Crippen molar-refractivity contribution in [3.8, 4) is 28.1 Å².